The Kier molecular flexibility index (Phi) is 7.70. The predicted octanol–water partition coefficient (Wildman–Crippen LogP) is 5.49. The van der Waals surface area contributed by atoms with E-state index in [4.69, 9.17) is 9.84 Å². The van der Waals surface area contributed by atoms with Crippen molar-refractivity contribution in [3.8, 4) is 22.9 Å². The molecular formula is C29H28N2O4S. The first-order valence-electron chi connectivity index (χ1n) is 11.6. The van der Waals surface area contributed by atoms with E-state index in [9.17, 15) is 15.2 Å². The van der Waals surface area contributed by atoms with E-state index in [2.05, 4.69) is 48.8 Å². The number of carboxylic acids is 1. The van der Waals surface area contributed by atoms with Crippen LogP contribution >= 0.6 is 11.3 Å². The lowest BCUT2D eigenvalue weighted by Crippen LogP contribution is -2.46. The molecule has 7 heteroatoms. The third-order valence-corrected chi connectivity index (χ3v) is 7.02. The zero-order valence-electron chi connectivity index (χ0n) is 20.2. The fourth-order valence-electron chi connectivity index (χ4n) is 4.07. The number of rotatable bonds is 10. The number of ether oxygens (including phenoxy) is 1. The summed E-state index contributed by atoms with van der Waals surface area (Å²) in [5, 5.41) is 36.1. The minimum Gasteiger partial charge on any atom is -0.489 e. The highest BCUT2D eigenvalue weighted by molar-refractivity contribution is 7.17. The van der Waals surface area contributed by atoms with Gasteiger partial charge in [0.1, 0.15) is 24.5 Å². The maximum absolute atomic E-state index is 11.1. The van der Waals surface area contributed by atoms with Gasteiger partial charge in [-0.25, -0.2) is 4.79 Å². The van der Waals surface area contributed by atoms with Gasteiger partial charge in [-0.2, -0.15) is 5.26 Å². The van der Waals surface area contributed by atoms with Gasteiger partial charge in [0, 0.05) is 16.8 Å². The van der Waals surface area contributed by atoms with Crippen molar-refractivity contribution in [3.05, 3.63) is 88.8 Å². The molecule has 0 saturated carbocycles. The van der Waals surface area contributed by atoms with Crippen molar-refractivity contribution >= 4 is 27.4 Å². The summed E-state index contributed by atoms with van der Waals surface area (Å²) in [6.07, 6.45) is 0.0554. The van der Waals surface area contributed by atoms with Crippen LogP contribution in [0.4, 0.5) is 0 Å². The molecule has 184 valence electrons. The van der Waals surface area contributed by atoms with Crippen LogP contribution in [0.15, 0.2) is 72.1 Å². The second kappa shape index (κ2) is 10.9. The second-order valence-electron chi connectivity index (χ2n) is 9.37. The Balaban J connectivity index is 1.36. The van der Waals surface area contributed by atoms with Crippen molar-refractivity contribution < 1.29 is 19.7 Å². The molecule has 1 aromatic heterocycles. The quantitative estimate of drug-likeness (QED) is 0.266. The molecule has 0 radical (unpaired) electrons. The highest BCUT2D eigenvalue weighted by Gasteiger charge is 2.21. The zero-order valence-corrected chi connectivity index (χ0v) is 21.0. The van der Waals surface area contributed by atoms with Crippen LogP contribution in [0.5, 0.6) is 5.75 Å². The fourth-order valence-corrected chi connectivity index (χ4v) is 5.03. The van der Waals surface area contributed by atoms with Gasteiger partial charge >= 0.3 is 5.97 Å². The largest absolute Gasteiger partial charge is 0.489 e. The van der Waals surface area contributed by atoms with E-state index in [1.165, 1.54) is 27.8 Å². The van der Waals surface area contributed by atoms with Crippen LogP contribution in [0.3, 0.4) is 0 Å². The minimum absolute atomic E-state index is 0.0283. The molecule has 4 aromatic rings. The molecule has 36 heavy (non-hydrogen) atoms. The number of hydrogen-bond donors (Lipinski definition) is 3. The summed E-state index contributed by atoms with van der Waals surface area (Å²) in [6, 6.07) is 22.2. The first-order valence-corrected chi connectivity index (χ1v) is 12.5. The van der Waals surface area contributed by atoms with E-state index in [-0.39, 0.29) is 17.7 Å². The normalized spacial score (nSPS) is 12.3. The first-order chi connectivity index (χ1) is 17.3. The van der Waals surface area contributed by atoms with Crippen LogP contribution in [0.1, 0.15) is 35.3 Å². The Morgan fingerprint density at radius 2 is 1.83 bits per heavy atom. The summed E-state index contributed by atoms with van der Waals surface area (Å²) in [7, 11) is 0. The average molecular weight is 501 g/mol. The first kappa shape index (κ1) is 25.4. The van der Waals surface area contributed by atoms with Gasteiger partial charge in [-0.1, -0.05) is 36.4 Å². The molecule has 0 fully saturated rings. The molecule has 1 unspecified atom stereocenters. The number of nitrogens with zero attached hydrogens (tertiary/aromatic N) is 1. The maximum Gasteiger partial charge on any atom is 0.335 e. The molecule has 0 aliphatic rings. The lowest BCUT2D eigenvalue weighted by atomic mass is 9.94. The van der Waals surface area contributed by atoms with Crippen molar-refractivity contribution in [1.29, 1.82) is 5.26 Å². The standard InChI is InChI=1S/C29H28N2O4S/c1-29(2,14-23-18-36-27-6-4-3-5-25(23)27)31-16-24(32)17-35-26-13-21(11-12-22(26)15-30)19-7-9-20(10-8-19)28(33)34/h3-13,18,24,31-32H,14,16-17H2,1-2H3,(H,33,34). The third kappa shape index (κ3) is 6.10. The molecule has 4 rings (SSSR count). The number of benzene rings is 3. The molecular weight excluding hydrogens is 472 g/mol. The molecule has 0 spiro atoms. The summed E-state index contributed by atoms with van der Waals surface area (Å²) in [4.78, 5) is 11.1. The van der Waals surface area contributed by atoms with Crippen molar-refractivity contribution in [2.45, 2.75) is 31.9 Å². The van der Waals surface area contributed by atoms with Gasteiger partial charge in [0.2, 0.25) is 0 Å². The summed E-state index contributed by atoms with van der Waals surface area (Å²) < 4.78 is 7.11. The molecule has 1 atom stereocenters. The Morgan fingerprint density at radius 1 is 1.11 bits per heavy atom. The van der Waals surface area contributed by atoms with E-state index >= 15 is 0 Å². The van der Waals surface area contributed by atoms with Gasteiger partial charge in [0.05, 0.1) is 11.1 Å². The van der Waals surface area contributed by atoms with Crippen LogP contribution < -0.4 is 10.1 Å². The average Bonchev–Trinajstić information content (AvgIpc) is 3.28. The summed E-state index contributed by atoms with van der Waals surface area (Å²) in [6.45, 7) is 4.59. The van der Waals surface area contributed by atoms with Crippen LogP contribution in [0, 0.1) is 11.3 Å². The number of β-amino-alcohol motifs (C(OH)–C–C–N with tert-alkyl or cyclic N) is 1. The van der Waals surface area contributed by atoms with Crippen LogP contribution in [0.2, 0.25) is 0 Å². The number of carbonyl (C=O) groups is 1. The van der Waals surface area contributed by atoms with E-state index in [0.29, 0.717) is 17.9 Å². The number of nitrogens with one attached hydrogen (secondary N) is 1. The number of carboxylic acid groups (broad SMARTS) is 1. The minimum atomic E-state index is -0.986. The highest BCUT2D eigenvalue weighted by atomic mass is 32.1. The zero-order chi connectivity index (χ0) is 25.7. The molecule has 1 heterocycles. The summed E-state index contributed by atoms with van der Waals surface area (Å²) >= 11 is 1.74. The molecule has 6 nitrogen and oxygen atoms in total. The van der Waals surface area contributed by atoms with Crippen molar-refractivity contribution in [1.82, 2.24) is 5.32 Å². The Hall–Kier alpha value is -3.70. The number of hydrogen-bond acceptors (Lipinski definition) is 6. The topological polar surface area (TPSA) is 103 Å². The Bertz CT molecular complexity index is 1400. The van der Waals surface area contributed by atoms with Crippen LogP contribution in [0.25, 0.3) is 21.2 Å². The van der Waals surface area contributed by atoms with Gasteiger partial charge in [-0.15, -0.1) is 11.3 Å². The van der Waals surface area contributed by atoms with E-state index in [1.807, 2.05) is 6.07 Å². The number of aliphatic hydroxyl groups excluding tert-OH is 1. The van der Waals surface area contributed by atoms with Crippen molar-refractivity contribution in [2.24, 2.45) is 0 Å². The van der Waals surface area contributed by atoms with E-state index in [1.54, 1.807) is 41.7 Å². The van der Waals surface area contributed by atoms with Crippen molar-refractivity contribution in [3.63, 3.8) is 0 Å². The van der Waals surface area contributed by atoms with Crippen LogP contribution in [-0.2, 0) is 6.42 Å². The summed E-state index contributed by atoms with van der Waals surface area (Å²) in [5.74, 6) is -0.611. The predicted molar refractivity (Wildman–Crippen MR) is 143 cm³/mol. The Labute approximate surface area is 214 Å². The summed E-state index contributed by atoms with van der Waals surface area (Å²) in [5.41, 5.74) is 3.22. The molecule has 3 aromatic carbocycles. The van der Waals surface area contributed by atoms with Crippen molar-refractivity contribution in [2.75, 3.05) is 13.2 Å². The highest BCUT2D eigenvalue weighted by Crippen LogP contribution is 2.29. The second-order valence-corrected chi connectivity index (χ2v) is 10.3. The third-order valence-electron chi connectivity index (χ3n) is 6.01. The number of aliphatic hydroxyl groups is 1. The number of nitriles is 1. The molecule has 0 amide bonds. The number of fused-ring (bicyclic) bond motifs is 1. The molecule has 3 N–H and O–H groups in total. The van der Waals surface area contributed by atoms with Gasteiger partial charge in [0.25, 0.3) is 0 Å². The molecule has 0 bridgehead atoms. The number of aromatic carboxylic acids is 1. The fraction of sp³-hybridized carbons (Fsp3) is 0.241. The van der Waals surface area contributed by atoms with Gasteiger partial charge in [-0.05, 0) is 78.1 Å². The Morgan fingerprint density at radius 3 is 2.56 bits per heavy atom. The maximum atomic E-state index is 11.1. The van der Waals surface area contributed by atoms with Gasteiger partial charge < -0.3 is 20.3 Å². The van der Waals surface area contributed by atoms with Gasteiger partial charge in [0.15, 0.2) is 0 Å². The lowest BCUT2D eigenvalue weighted by molar-refractivity contribution is 0.0697. The number of thiophene rings is 1. The van der Waals surface area contributed by atoms with E-state index < -0.39 is 12.1 Å². The molecule has 0 aliphatic carbocycles. The van der Waals surface area contributed by atoms with E-state index in [0.717, 1.165) is 17.5 Å². The molecule has 0 saturated heterocycles. The van der Waals surface area contributed by atoms with Gasteiger partial charge in [-0.3, -0.25) is 0 Å². The molecule has 0 aliphatic heterocycles. The van der Waals surface area contributed by atoms with Crippen LogP contribution in [-0.4, -0.2) is 41.0 Å². The monoisotopic (exact) mass is 500 g/mol. The smallest absolute Gasteiger partial charge is 0.335 e. The SMILES string of the molecule is CC(C)(Cc1csc2ccccc12)NCC(O)COc1cc(-c2ccc(C(=O)O)cc2)ccc1C#N. The lowest BCUT2D eigenvalue weighted by Gasteiger charge is -2.28.